The summed E-state index contributed by atoms with van der Waals surface area (Å²) in [7, 11) is 0. The molecule has 2 heteroatoms. The van der Waals surface area contributed by atoms with Crippen LogP contribution < -0.4 is 4.74 Å². The fourth-order valence-corrected chi connectivity index (χ4v) is 1.49. The molecule has 0 saturated carbocycles. The van der Waals surface area contributed by atoms with Crippen molar-refractivity contribution < 1.29 is 9.53 Å². The maximum atomic E-state index is 11.7. The minimum absolute atomic E-state index is 0.119. The van der Waals surface area contributed by atoms with Crippen LogP contribution in [0.3, 0.4) is 0 Å². The highest BCUT2D eigenvalue weighted by Crippen LogP contribution is 2.22. The Labute approximate surface area is 110 Å². The van der Waals surface area contributed by atoms with Crippen LogP contribution in [-0.2, 0) is 4.79 Å². The molecule has 0 saturated heterocycles. The minimum atomic E-state index is -0.337. The summed E-state index contributed by atoms with van der Waals surface area (Å²) < 4.78 is 5.51. The third-order valence-electron chi connectivity index (χ3n) is 3.27. The first-order valence-corrected chi connectivity index (χ1v) is 6.60. The zero-order valence-electron chi connectivity index (χ0n) is 12.1. The van der Waals surface area contributed by atoms with Gasteiger partial charge >= 0.3 is 0 Å². The van der Waals surface area contributed by atoms with Gasteiger partial charge in [0.2, 0.25) is 0 Å². The lowest BCUT2D eigenvalue weighted by molar-refractivity contribution is -0.128. The van der Waals surface area contributed by atoms with Gasteiger partial charge in [0.1, 0.15) is 12.4 Å². The number of Topliss-reactive ketones (excluding diaryl/α,β-unsaturated/α-hetero) is 1. The smallest absolute Gasteiger partial charge is 0.175 e. The van der Waals surface area contributed by atoms with E-state index in [9.17, 15) is 4.79 Å². The average Bonchev–Trinajstić information content (AvgIpc) is 2.34. The molecule has 18 heavy (non-hydrogen) atoms. The third kappa shape index (κ3) is 4.17. The summed E-state index contributed by atoms with van der Waals surface area (Å²) in [6.45, 7) is 10.3. The van der Waals surface area contributed by atoms with Crippen molar-refractivity contribution in [1.82, 2.24) is 0 Å². The number of hydrogen-bond acceptors (Lipinski definition) is 2. The molecule has 0 aliphatic carbocycles. The van der Waals surface area contributed by atoms with Crippen LogP contribution in [0.4, 0.5) is 0 Å². The van der Waals surface area contributed by atoms with Crippen LogP contribution in [-0.4, -0.2) is 12.4 Å². The monoisotopic (exact) mass is 248 g/mol. The Morgan fingerprint density at radius 1 is 1.22 bits per heavy atom. The molecular formula is C16H24O2. The highest BCUT2D eigenvalue weighted by molar-refractivity contribution is 5.85. The molecule has 1 aromatic carbocycles. The van der Waals surface area contributed by atoms with Crippen molar-refractivity contribution in [2.75, 3.05) is 6.61 Å². The predicted molar refractivity (Wildman–Crippen MR) is 75.1 cm³/mol. The number of carbonyl (C=O) groups excluding carboxylic acids is 1. The molecule has 100 valence electrons. The minimum Gasteiger partial charge on any atom is -0.486 e. The molecule has 0 fully saturated rings. The summed E-state index contributed by atoms with van der Waals surface area (Å²) in [5, 5.41) is 0. The molecular weight excluding hydrogens is 224 g/mol. The van der Waals surface area contributed by atoms with Gasteiger partial charge in [0.15, 0.2) is 5.78 Å². The average molecular weight is 248 g/mol. The molecule has 0 aliphatic heterocycles. The molecule has 1 atom stereocenters. The van der Waals surface area contributed by atoms with Crippen LogP contribution in [0.5, 0.6) is 5.75 Å². The van der Waals surface area contributed by atoms with E-state index in [0.717, 1.165) is 12.2 Å². The van der Waals surface area contributed by atoms with Gasteiger partial charge in [0, 0.05) is 5.41 Å². The number of carbonyl (C=O) groups is 1. The fraction of sp³-hybridized carbons (Fsp3) is 0.562. The highest BCUT2D eigenvalue weighted by atomic mass is 16.5. The molecule has 0 aromatic heterocycles. The Balaban J connectivity index is 2.57. The summed E-state index contributed by atoms with van der Waals surface area (Å²) in [5.74, 6) is 1.45. The Hall–Kier alpha value is -1.31. The van der Waals surface area contributed by atoms with Crippen molar-refractivity contribution in [2.45, 2.75) is 47.0 Å². The van der Waals surface area contributed by atoms with Gasteiger partial charge in [-0.2, -0.15) is 0 Å². The summed E-state index contributed by atoms with van der Waals surface area (Å²) >= 11 is 0. The number of ether oxygens (including phenoxy) is 1. The van der Waals surface area contributed by atoms with E-state index in [0.29, 0.717) is 5.92 Å². The lowest BCUT2D eigenvalue weighted by Crippen LogP contribution is -2.26. The van der Waals surface area contributed by atoms with Gasteiger partial charge < -0.3 is 4.74 Å². The maximum Gasteiger partial charge on any atom is 0.175 e. The Bertz CT molecular complexity index is 385. The number of hydrogen-bond donors (Lipinski definition) is 0. The molecule has 1 unspecified atom stereocenters. The summed E-state index contributed by atoms with van der Waals surface area (Å²) in [6.07, 6.45) is 1.13. The lowest BCUT2D eigenvalue weighted by atomic mass is 9.91. The van der Waals surface area contributed by atoms with Crippen molar-refractivity contribution in [3.05, 3.63) is 29.8 Å². The van der Waals surface area contributed by atoms with Crippen LogP contribution in [0.25, 0.3) is 0 Å². The largest absolute Gasteiger partial charge is 0.486 e. The molecule has 0 radical (unpaired) electrons. The number of ketones is 1. The molecule has 0 aliphatic rings. The molecule has 1 aromatic rings. The predicted octanol–water partition coefficient (Wildman–Crippen LogP) is 4.19. The normalized spacial score (nSPS) is 13.2. The quantitative estimate of drug-likeness (QED) is 0.780. The van der Waals surface area contributed by atoms with Crippen molar-refractivity contribution in [1.29, 1.82) is 0 Å². The standard InChI is InChI=1S/C16H24O2/c1-6-12(2)13-7-9-14(10-8-13)18-11-15(17)16(3,4)5/h7-10,12H,6,11H2,1-5H3. The van der Waals surface area contributed by atoms with Gasteiger partial charge in [0.25, 0.3) is 0 Å². The summed E-state index contributed by atoms with van der Waals surface area (Å²) in [4.78, 5) is 11.7. The SMILES string of the molecule is CCC(C)c1ccc(OCC(=O)C(C)(C)C)cc1. The van der Waals surface area contributed by atoms with Crippen LogP contribution in [0.1, 0.15) is 52.5 Å². The second kappa shape index (κ2) is 6.03. The van der Waals surface area contributed by atoms with Crippen LogP contribution in [0, 0.1) is 5.41 Å². The van der Waals surface area contributed by atoms with Gasteiger partial charge in [-0.3, -0.25) is 4.79 Å². The second-order valence-corrected chi connectivity index (χ2v) is 5.84. The van der Waals surface area contributed by atoms with Gasteiger partial charge in [-0.05, 0) is 30.0 Å². The molecule has 0 N–H and O–H groups in total. The van der Waals surface area contributed by atoms with Gasteiger partial charge in [0.05, 0.1) is 0 Å². The third-order valence-corrected chi connectivity index (χ3v) is 3.27. The Morgan fingerprint density at radius 2 is 1.78 bits per heavy atom. The molecule has 0 spiro atoms. The molecule has 0 amide bonds. The summed E-state index contributed by atoms with van der Waals surface area (Å²) in [6, 6.07) is 8.03. The van der Waals surface area contributed by atoms with E-state index in [-0.39, 0.29) is 17.8 Å². The van der Waals surface area contributed by atoms with Gasteiger partial charge in [-0.1, -0.05) is 46.8 Å². The van der Waals surface area contributed by atoms with Crippen molar-refractivity contribution in [3.63, 3.8) is 0 Å². The first-order valence-electron chi connectivity index (χ1n) is 6.60. The van der Waals surface area contributed by atoms with Crippen molar-refractivity contribution >= 4 is 5.78 Å². The van der Waals surface area contributed by atoms with E-state index >= 15 is 0 Å². The first kappa shape index (κ1) is 14.7. The lowest BCUT2D eigenvalue weighted by Gasteiger charge is -2.17. The number of rotatable bonds is 5. The van der Waals surface area contributed by atoms with E-state index in [4.69, 9.17) is 4.74 Å². The molecule has 0 heterocycles. The van der Waals surface area contributed by atoms with E-state index in [2.05, 4.69) is 26.0 Å². The van der Waals surface area contributed by atoms with Crippen LogP contribution in [0.15, 0.2) is 24.3 Å². The zero-order valence-corrected chi connectivity index (χ0v) is 12.1. The van der Waals surface area contributed by atoms with Gasteiger partial charge in [-0.15, -0.1) is 0 Å². The number of benzene rings is 1. The molecule has 2 nitrogen and oxygen atoms in total. The first-order chi connectivity index (χ1) is 8.34. The highest BCUT2D eigenvalue weighted by Gasteiger charge is 2.21. The van der Waals surface area contributed by atoms with Crippen molar-refractivity contribution in [2.24, 2.45) is 5.41 Å². The van der Waals surface area contributed by atoms with E-state index in [1.807, 2.05) is 32.9 Å². The molecule has 1 rings (SSSR count). The second-order valence-electron chi connectivity index (χ2n) is 5.84. The van der Waals surface area contributed by atoms with Crippen molar-refractivity contribution in [3.8, 4) is 5.75 Å². The summed E-state index contributed by atoms with van der Waals surface area (Å²) in [5.41, 5.74) is 0.975. The topological polar surface area (TPSA) is 26.3 Å². The fourth-order valence-electron chi connectivity index (χ4n) is 1.49. The maximum absolute atomic E-state index is 11.7. The van der Waals surface area contributed by atoms with E-state index < -0.39 is 0 Å². The van der Waals surface area contributed by atoms with E-state index in [1.54, 1.807) is 0 Å². The van der Waals surface area contributed by atoms with Crippen LogP contribution >= 0.6 is 0 Å². The molecule has 0 bridgehead atoms. The van der Waals surface area contributed by atoms with E-state index in [1.165, 1.54) is 5.56 Å². The Morgan fingerprint density at radius 3 is 2.22 bits per heavy atom. The Kier molecular flexibility index (Phi) is 4.94. The van der Waals surface area contributed by atoms with Crippen LogP contribution in [0.2, 0.25) is 0 Å². The zero-order chi connectivity index (χ0) is 13.8. The van der Waals surface area contributed by atoms with Gasteiger partial charge in [-0.25, -0.2) is 0 Å².